The summed E-state index contributed by atoms with van der Waals surface area (Å²) in [4.78, 5) is 2.15. The molecule has 4 nitrogen and oxygen atoms in total. The number of hydrogen-bond donors (Lipinski definition) is 3. The highest BCUT2D eigenvalue weighted by atomic mass is 19.4. The van der Waals surface area contributed by atoms with Crippen LogP contribution in [-0.2, 0) is 18.6 Å². The number of nitrogens with zero attached hydrogens (tertiary/aromatic N) is 1. The van der Waals surface area contributed by atoms with Gasteiger partial charge in [0, 0.05) is 31.2 Å². The second-order valence-electron chi connectivity index (χ2n) is 7.19. The fourth-order valence-electron chi connectivity index (χ4n) is 3.42. The molecule has 0 amide bonds. The molecule has 0 saturated carbocycles. The van der Waals surface area contributed by atoms with Gasteiger partial charge in [-0.25, -0.2) is 0 Å². The van der Waals surface area contributed by atoms with Crippen molar-refractivity contribution < 1.29 is 18.3 Å². The van der Waals surface area contributed by atoms with E-state index in [-0.39, 0.29) is 11.5 Å². The van der Waals surface area contributed by atoms with E-state index in [1.165, 1.54) is 24.6 Å². The molecule has 2 aromatic carbocycles. The Morgan fingerprint density at radius 2 is 1.75 bits per heavy atom. The molecule has 0 fully saturated rings. The van der Waals surface area contributed by atoms with Crippen molar-refractivity contribution in [2.24, 2.45) is 0 Å². The average molecular weight is 389 g/mol. The van der Waals surface area contributed by atoms with E-state index in [1.54, 1.807) is 12.1 Å². The van der Waals surface area contributed by atoms with E-state index in [4.69, 9.17) is 10.8 Å². The van der Waals surface area contributed by atoms with Crippen LogP contribution in [0, 0.1) is 10.8 Å². The molecule has 0 bridgehead atoms. The molecular formula is C21H22F3N3O. The number of halogens is 3. The number of nitrogens with one attached hydrogen (secondary N) is 2. The Morgan fingerprint density at radius 3 is 2.32 bits per heavy atom. The Balaban J connectivity index is 1.76. The van der Waals surface area contributed by atoms with Gasteiger partial charge in [0.05, 0.1) is 5.92 Å². The molecule has 0 spiro atoms. The average Bonchev–Trinajstić information content (AvgIpc) is 3.04. The first-order valence-corrected chi connectivity index (χ1v) is 8.95. The van der Waals surface area contributed by atoms with E-state index in [0.29, 0.717) is 6.54 Å². The van der Waals surface area contributed by atoms with E-state index >= 15 is 0 Å². The van der Waals surface area contributed by atoms with Crippen LogP contribution in [0.25, 0.3) is 0 Å². The minimum Gasteiger partial charge on any atom is -0.376 e. The maximum absolute atomic E-state index is 13.0. The van der Waals surface area contributed by atoms with E-state index in [2.05, 4.69) is 4.90 Å². The van der Waals surface area contributed by atoms with Crippen LogP contribution in [0.2, 0.25) is 0 Å². The summed E-state index contributed by atoms with van der Waals surface area (Å²) in [7, 11) is 0. The Morgan fingerprint density at radius 1 is 1.11 bits per heavy atom. The molecule has 0 saturated heterocycles. The standard InChI is InChI=1S/C21H22F3N3O/c1-20(28,21(22,23)24)18-5-2-14(3-6-18)13-27-9-8-16-10-15(4-7-19(16)27)17(11-25)12-26/h2-7,10-12,17,25-26,28H,8-9,13H2,1H3. The smallest absolute Gasteiger partial charge is 0.376 e. The number of hydrogen-bond acceptors (Lipinski definition) is 4. The molecule has 1 heterocycles. The van der Waals surface area contributed by atoms with Crippen LogP contribution in [0.4, 0.5) is 18.9 Å². The first-order valence-electron chi connectivity index (χ1n) is 8.95. The molecule has 1 aliphatic rings. The largest absolute Gasteiger partial charge is 0.421 e. The highest BCUT2D eigenvalue weighted by Gasteiger charge is 2.51. The van der Waals surface area contributed by atoms with Crippen molar-refractivity contribution in [3.05, 3.63) is 64.7 Å². The molecule has 148 valence electrons. The number of rotatable bonds is 6. The Hall–Kier alpha value is -2.67. The quantitative estimate of drug-likeness (QED) is 0.641. The molecule has 0 aliphatic carbocycles. The van der Waals surface area contributed by atoms with Crippen LogP contribution < -0.4 is 4.90 Å². The number of benzene rings is 2. The van der Waals surface area contributed by atoms with Crippen LogP contribution in [0.5, 0.6) is 0 Å². The van der Waals surface area contributed by atoms with Gasteiger partial charge in [-0.3, -0.25) is 0 Å². The summed E-state index contributed by atoms with van der Waals surface area (Å²) >= 11 is 0. The van der Waals surface area contributed by atoms with E-state index < -0.39 is 11.8 Å². The lowest BCUT2D eigenvalue weighted by Crippen LogP contribution is -2.39. The predicted molar refractivity (Wildman–Crippen MR) is 104 cm³/mol. The topological polar surface area (TPSA) is 71.2 Å². The molecule has 28 heavy (non-hydrogen) atoms. The second-order valence-corrected chi connectivity index (χ2v) is 7.19. The molecule has 1 aliphatic heterocycles. The van der Waals surface area contributed by atoms with E-state index in [1.807, 2.05) is 18.2 Å². The summed E-state index contributed by atoms with van der Waals surface area (Å²) in [6.07, 6.45) is -1.42. The lowest BCUT2D eigenvalue weighted by atomic mass is 9.94. The Labute approximate surface area is 161 Å². The first-order chi connectivity index (χ1) is 13.2. The van der Waals surface area contributed by atoms with Gasteiger partial charge in [0.25, 0.3) is 0 Å². The maximum Gasteiger partial charge on any atom is 0.421 e. The third-order valence-electron chi connectivity index (χ3n) is 5.28. The number of anilines is 1. The molecule has 0 radical (unpaired) electrons. The molecule has 2 aromatic rings. The zero-order chi connectivity index (χ0) is 20.5. The third kappa shape index (κ3) is 3.67. The summed E-state index contributed by atoms with van der Waals surface area (Å²) in [6, 6.07) is 11.8. The lowest BCUT2D eigenvalue weighted by Gasteiger charge is -2.27. The Kier molecular flexibility index (Phi) is 5.30. The lowest BCUT2D eigenvalue weighted by molar-refractivity contribution is -0.258. The molecule has 7 heteroatoms. The summed E-state index contributed by atoms with van der Waals surface area (Å²) in [5.41, 5.74) is 0.911. The zero-order valence-electron chi connectivity index (χ0n) is 15.4. The molecule has 3 N–H and O–H groups in total. The third-order valence-corrected chi connectivity index (χ3v) is 5.28. The van der Waals surface area contributed by atoms with Crippen molar-refractivity contribution in [3.8, 4) is 0 Å². The fraction of sp³-hybridized carbons (Fsp3) is 0.333. The van der Waals surface area contributed by atoms with Crippen molar-refractivity contribution in [1.29, 1.82) is 10.8 Å². The van der Waals surface area contributed by atoms with Gasteiger partial charge in [-0.1, -0.05) is 36.4 Å². The van der Waals surface area contributed by atoms with Crippen LogP contribution >= 0.6 is 0 Å². The van der Waals surface area contributed by atoms with Crippen molar-refractivity contribution >= 4 is 18.1 Å². The summed E-state index contributed by atoms with van der Waals surface area (Å²) in [6.45, 7) is 2.10. The van der Waals surface area contributed by atoms with Crippen molar-refractivity contribution in [2.45, 2.75) is 37.6 Å². The monoisotopic (exact) mass is 389 g/mol. The number of fused-ring (bicyclic) bond motifs is 1. The first kappa shape index (κ1) is 20.1. The minimum atomic E-state index is -4.73. The van der Waals surface area contributed by atoms with Gasteiger partial charge in [-0.05, 0) is 41.7 Å². The minimum absolute atomic E-state index is 0.181. The van der Waals surface area contributed by atoms with Gasteiger partial charge in [0.15, 0.2) is 5.60 Å². The normalized spacial score (nSPS) is 17.0. The number of alkyl halides is 3. The Bertz CT molecular complexity index is 867. The highest BCUT2D eigenvalue weighted by Crippen LogP contribution is 2.38. The fourth-order valence-corrected chi connectivity index (χ4v) is 3.42. The number of aliphatic hydroxyl groups is 1. The highest BCUT2D eigenvalue weighted by molar-refractivity contribution is 5.88. The van der Waals surface area contributed by atoms with E-state index in [9.17, 15) is 18.3 Å². The van der Waals surface area contributed by atoms with Gasteiger partial charge in [-0.15, -0.1) is 0 Å². The van der Waals surface area contributed by atoms with E-state index in [0.717, 1.165) is 42.3 Å². The van der Waals surface area contributed by atoms with Crippen LogP contribution in [-0.4, -0.2) is 30.3 Å². The summed E-state index contributed by atoms with van der Waals surface area (Å²) in [5.74, 6) is -0.326. The molecule has 3 rings (SSSR count). The van der Waals surface area contributed by atoms with Gasteiger partial charge in [-0.2, -0.15) is 13.2 Å². The van der Waals surface area contributed by atoms with Crippen LogP contribution in [0.15, 0.2) is 42.5 Å². The second kappa shape index (κ2) is 7.39. The zero-order valence-corrected chi connectivity index (χ0v) is 15.4. The van der Waals surface area contributed by atoms with Crippen molar-refractivity contribution in [1.82, 2.24) is 0 Å². The summed E-state index contributed by atoms with van der Waals surface area (Å²) < 4.78 is 38.9. The molecule has 0 aromatic heterocycles. The van der Waals surface area contributed by atoms with Crippen molar-refractivity contribution in [3.63, 3.8) is 0 Å². The predicted octanol–water partition coefficient (Wildman–Crippen LogP) is 4.40. The van der Waals surface area contributed by atoms with Crippen LogP contribution in [0.1, 0.15) is 35.1 Å². The van der Waals surface area contributed by atoms with Gasteiger partial charge in [0.1, 0.15) is 0 Å². The molecular weight excluding hydrogens is 367 g/mol. The van der Waals surface area contributed by atoms with Gasteiger partial charge in [0.2, 0.25) is 0 Å². The summed E-state index contributed by atoms with van der Waals surface area (Å²) in [5, 5.41) is 24.6. The van der Waals surface area contributed by atoms with Gasteiger partial charge < -0.3 is 20.8 Å². The van der Waals surface area contributed by atoms with Crippen molar-refractivity contribution in [2.75, 3.05) is 11.4 Å². The molecule has 1 atom stereocenters. The van der Waals surface area contributed by atoms with Crippen LogP contribution in [0.3, 0.4) is 0 Å². The molecule has 1 unspecified atom stereocenters. The SMILES string of the molecule is CC(O)(c1ccc(CN2CCc3cc(C(C=N)C=N)ccc32)cc1)C(F)(F)F. The van der Waals surface area contributed by atoms with Gasteiger partial charge >= 0.3 is 6.18 Å². The maximum atomic E-state index is 13.0.